The first-order valence-corrected chi connectivity index (χ1v) is 3.93. The molecular weight excluding hydrogens is 166 g/mol. The van der Waals surface area contributed by atoms with E-state index in [-0.39, 0.29) is 5.78 Å². The van der Waals surface area contributed by atoms with E-state index in [4.69, 9.17) is 5.11 Å². The summed E-state index contributed by atoms with van der Waals surface area (Å²) < 4.78 is 0. The molecule has 0 heterocycles. The molecule has 0 saturated carbocycles. The monoisotopic (exact) mass is 177 g/mol. The fraction of sp³-hybridized carbons (Fsp3) is 0.200. The largest absolute Gasteiger partial charge is 0.388 e. The van der Waals surface area contributed by atoms with Gasteiger partial charge in [-0.25, -0.2) is 0 Å². The third kappa shape index (κ3) is 2.49. The number of carbonyl (C=O) groups excluding carboxylic acids is 1. The summed E-state index contributed by atoms with van der Waals surface area (Å²) >= 11 is 0. The van der Waals surface area contributed by atoms with Crippen LogP contribution in [0.25, 0.3) is 0 Å². The molecule has 1 rings (SSSR count). The van der Waals surface area contributed by atoms with Gasteiger partial charge in [0.1, 0.15) is 6.61 Å². The van der Waals surface area contributed by atoms with Crippen LogP contribution in [-0.2, 0) is 6.54 Å². The Hall–Kier alpha value is -1.48. The molecule has 1 aromatic rings. The number of benzene rings is 1. The lowest BCUT2D eigenvalue weighted by atomic mass is 10.1. The molecule has 0 atom stereocenters. The predicted octanol–water partition coefficient (Wildman–Crippen LogP) is 1.06. The van der Waals surface area contributed by atoms with E-state index in [0.717, 1.165) is 5.56 Å². The molecule has 3 heteroatoms. The summed E-state index contributed by atoms with van der Waals surface area (Å²) in [5.41, 5.74) is 1.44. The summed E-state index contributed by atoms with van der Waals surface area (Å²) in [6.07, 6.45) is 0. The smallest absolute Gasteiger partial charge is 0.188 e. The Bertz CT molecular complexity index is 320. The van der Waals surface area contributed by atoms with E-state index in [1.54, 1.807) is 18.2 Å². The van der Waals surface area contributed by atoms with Crippen LogP contribution < -0.4 is 0 Å². The van der Waals surface area contributed by atoms with Gasteiger partial charge in [-0.2, -0.15) is 0 Å². The minimum atomic E-state index is -0.453. The second-order valence-electron chi connectivity index (χ2n) is 2.66. The SMILES string of the molecule is C=NCc1cccc(C(=O)CO)c1. The zero-order valence-corrected chi connectivity index (χ0v) is 7.23. The number of Topliss-reactive ketones (excluding diaryl/α,β-unsaturated/α-hetero) is 1. The van der Waals surface area contributed by atoms with Gasteiger partial charge in [-0.1, -0.05) is 18.2 Å². The van der Waals surface area contributed by atoms with Crippen LogP contribution in [0.5, 0.6) is 0 Å². The lowest BCUT2D eigenvalue weighted by molar-refractivity contribution is 0.0903. The third-order valence-electron chi connectivity index (χ3n) is 1.69. The lowest BCUT2D eigenvalue weighted by Gasteiger charge is -1.99. The second kappa shape index (κ2) is 4.52. The highest BCUT2D eigenvalue weighted by Crippen LogP contribution is 2.06. The van der Waals surface area contributed by atoms with Crippen LogP contribution in [0.3, 0.4) is 0 Å². The number of hydrogen-bond acceptors (Lipinski definition) is 3. The van der Waals surface area contributed by atoms with E-state index in [1.807, 2.05) is 6.07 Å². The van der Waals surface area contributed by atoms with Crippen LogP contribution in [0.1, 0.15) is 15.9 Å². The van der Waals surface area contributed by atoms with E-state index in [1.165, 1.54) is 0 Å². The van der Waals surface area contributed by atoms with Crippen molar-refractivity contribution in [1.82, 2.24) is 0 Å². The quantitative estimate of drug-likeness (QED) is 0.552. The fourth-order valence-electron chi connectivity index (χ4n) is 1.06. The van der Waals surface area contributed by atoms with Gasteiger partial charge in [0.25, 0.3) is 0 Å². The molecule has 0 spiro atoms. The second-order valence-corrected chi connectivity index (χ2v) is 2.66. The average molecular weight is 177 g/mol. The minimum absolute atomic E-state index is 0.272. The molecule has 0 aromatic heterocycles. The van der Waals surface area contributed by atoms with Crippen molar-refractivity contribution >= 4 is 12.5 Å². The molecule has 3 nitrogen and oxygen atoms in total. The molecule has 0 fully saturated rings. The molecule has 13 heavy (non-hydrogen) atoms. The predicted molar refractivity (Wildman–Crippen MR) is 51.1 cm³/mol. The van der Waals surface area contributed by atoms with Crippen molar-refractivity contribution in [1.29, 1.82) is 0 Å². The Labute approximate surface area is 76.7 Å². The summed E-state index contributed by atoms with van der Waals surface area (Å²) in [6.45, 7) is 3.41. The van der Waals surface area contributed by atoms with Crippen LogP contribution >= 0.6 is 0 Å². The van der Waals surface area contributed by atoms with Gasteiger partial charge in [-0.05, 0) is 18.3 Å². The van der Waals surface area contributed by atoms with Gasteiger partial charge in [-0.15, -0.1) is 0 Å². The fourth-order valence-corrected chi connectivity index (χ4v) is 1.06. The summed E-state index contributed by atoms with van der Waals surface area (Å²) in [6, 6.07) is 7.02. The maximum Gasteiger partial charge on any atom is 0.188 e. The highest BCUT2D eigenvalue weighted by Gasteiger charge is 2.03. The van der Waals surface area contributed by atoms with Gasteiger partial charge in [0, 0.05) is 5.56 Å². The van der Waals surface area contributed by atoms with Crippen LogP contribution in [0.15, 0.2) is 29.3 Å². The Balaban J connectivity index is 2.90. The molecule has 68 valence electrons. The van der Waals surface area contributed by atoms with Crippen molar-refractivity contribution in [2.45, 2.75) is 6.54 Å². The maximum absolute atomic E-state index is 11.1. The Kier molecular flexibility index (Phi) is 3.34. The van der Waals surface area contributed by atoms with E-state index in [9.17, 15) is 4.79 Å². The molecular formula is C10H11NO2. The van der Waals surface area contributed by atoms with Gasteiger partial charge < -0.3 is 5.11 Å². The summed E-state index contributed by atoms with van der Waals surface area (Å²) in [5, 5.41) is 8.62. The molecule has 0 aliphatic heterocycles. The van der Waals surface area contributed by atoms with E-state index < -0.39 is 6.61 Å². The van der Waals surface area contributed by atoms with Gasteiger partial charge in [-0.3, -0.25) is 9.79 Å². The molecule has 0 amide bonds. The van der Waals surface area contributed by atoms with Gasteiger partial charge >= 0.3 is 0 Å². The third-order valence-corrected chi connectivity index (χ3v) is 1.69. The molecule has 0 unspecified atom stereocenters. The van der Waals surface area contributed by atoms with Gasteiger partial charge in [0.15, 0.2) is 5.78 Å². The van der Waals surface area contributed by atoms with E-state index >= 15 is 0 Å². The van der Waals surface area contributed by atoms with Crippen molar-refractivity contribution in [2.75, 3.05) is 6.61 Å². The summed E-state index contributed by atoms with van der Waals surface area (Å²) in [7, 11) is 0. The van der Waals surface area contributed by atoms with Gasteiger partial charge in [0.2, 0.25) is 0 Å². The van der Waals surface area contributed by atoms with Crippen LogP contribution in [-0.4, -0.2) is 24.2 Å². The molecule has 1 aromatic carbocycles. The number of aliphatic hydroxyl groups is 1. The van der Waals surface area contributed by atoms with Crippen LogP contribution in [0.4, 0.5) is 0 Å². The topological polar surface area (TPSA) is 49.7 Å². The molecule has 0 aliphatic carbocycles. The minimum Gasteiger partial charge on any atom is -0.388 e. The first-order chi connectivity index (χ1) is 6.27. The maximum atomic E-state index is 11.1. The zero-order valence-electron chi connectivity index (χ0n) is 7.23. The highest BCUT2D eigenvalue weighted by atomic mass is 16.3. The first-order valence-electron chi connectivity index (χ1n) is 3.93. The number of carbonyl (C=O) groups is 1. The first kappa shape index (κ1) is 9.61. The van der Waals surface area contributed by atoms with Crippen molar-refractivity contribution < 1.29 is 9.90 Å². The van der Waals surface area contributed by atoms with Crippen molar-refractivity contribution in [3.8, 4) is 0 Å². The van der Waals surface area contributed by atoms with Gasteiger partial charge in [0.05, 0.1) is 6.54 Å². The van der Waals surface area contributed by atoms with Crippen molar-refractivity contribution in [2.24, 2.45) is 4.99 Å². The molecule has 0 saturated heterocycles. The summed E-state index contributed by atoms with van der Waals surface area (Å²) in [4.78, 5) is 14.8. The highest BCUT2D eigenvalue weighted by molar-refractivity contribution is 5.97. The molecule has 0 radical (unpaired) electrons. The molecule has 1 N–H and O–H groups in total. The number of nitrogens with zero attached hydrogens (tertiary/aromatic N) is 1. The number of rotatable bonds is 4. The number of hydrogen-bond donors (Lipinski definition) is 1. The molecule has 0 aliphatic rings. The molecule has 0 bridgehead atoms. The Morgan fingerprint density at radius 3 is 2.92 bits per heavy atom. The average Bonchev–Trinajstić information content (AvgIpc) is 2.18. The number of aliphatic hydroxyl groups excluding tert-OH is 1. The standard InChI is InChI=1S/C10H11NO2/c1-11-6-8-3-2-4-9(5-8)10(13)7-12/h2-5,12H,1,6-7H2. The summed E-state index contributed by atoms with van der Waals surface area (Å²) in [5.74, 6) is -0.272. The number of aliphatic imine (C=N–C) groups is 1. The van der Waals surface area contributed by atoms with Crippen molar-refractivity contribution in [3.63, 3.8) is 0 Å². The lowest BCUT2D eigenvalue weighted by Crippen LogP contribution is -2.04. The van der Waals surface area contributed by atoms with E-state index in [0.29, 0.717) is 12.1 Å². The Morgan fingerprint density at radius 2 is 2.31 bits per heavy atom. The van der Waals surface area contributed by atoms with Crippen molar-refractivity contribution in [3.05, 3.63) is 35.4 Å². The van der Waals surface area contributed by atoms with Crippen LogP contribution in [0.2, 0.25) is 0 Å². The van der Waals surface area contributed by atoms with E-state index in [2.05, 4.69) is 11.7 Å². The Morgan fingerprint density at radius 1 is 1.54 bits per heavy atom. The van der Waals surface area contributed by atoms with Crippen LogP contribution in [0, 0.1) is 0 Å². The zero-order chi connectivity index (χ0) is 9.68. The number of ketones is 1. The normalized spacial score (nSPS) is 9.62.